The van der Waals surface area contributed by atoms with Crippen molar-refractivity contribution in [2.45, 2.75) is 25.8 Å². The Kier molecular flexibility index (Phi) is 4.28. The summed E-state index contributed by atoms with van der Waals surface area (Å²) in [5.74, 6) is 0.577. The number of carbonyl (C=O) groups excluding carboxylic acids is 1. The molecule has 0 spiro atoms. The van der Waals surface area contributed by atoms with E-state index in [9.17, 15) is 4.79 Å². The molecule has 4 nitrogen and oxygen atoms in total. The van der Waals surface area contributed by atoms with Gasteiger partial charge in [0.25, 0.3) is 5.91 Å². The lowest BCUT2D eigenvalue weighted by molar-refractivity contribution is 0.102. The predicted molar refractivity (Wildman–Crippen MR) is 99.2 cm³/mol. The molecule has 2 aromatic carbocycles. The summed E-state index contributed by atoms with van der Waals surface area (Å²) in [5, 5.41) is 7.98. The molecule has 4 rings (SSSR count). The first-order chi connectivity index (χ1) is 12.2. The summed E-state index contributed by atoms with van der Waals surface area (Å²) in [7, 11) is 0. The number of hydrogen-bond acceptors (Lipinski definition) is 2. The Balaban J connectivity index is 1.50. The lowest BCUT2D eigenvalue weighted by Gasteiger charge is -2.10. The Morgan fingerprint density at radius 1 is 1.08 bits per heavy atom. The summed E-state index contributed by atoms with van der Waals surface area (Å²) < 4.78 is 1.77. The Morgan fingerprint density at radius 3 is 2.72 bits per heavy atom. The van der Waals surface area contributed by atoms with Crippen molar-refractivity contribution in [3.05, 3.63) is 82.0 Å². The van der Waals surface area contributed by atoms with Crippen LogP contribution in [-0.2, 0) is 19.4 Å². The zero-order valence-corrected chi connectivity index (χ0v) is 14.5. The molecule has 1 N–H and O–H groups in total. The Labute approximate surface area is 151 Å². The number of carbonyl (C=O) groups is 1. The number of hydrogen-bond donors (Lipinski definition) is 1. The van der Waals surface area contributed by atoms with Crippen LogP contribution in [0.4, 0.5) is 5.82 Å². The molecule has 1 heterocycles. The van der Waals surface area contributed by atoms with Crippen molar-refractivity contribution >= 4 is 23.3 Å². The second kappa shape index (κ2) is 6.73. The third-order valence-corrected chi connectivity index (χ3v) is 4.82. The number of halogens is 1. The van der Waals surface area contributed by atoms with Crippen molar-refractivity contribution in [3.8, 4) is 0 Å². The molecule has 1 aromatic heterocycles. The molecule has 25 heavy (non-hydrogen) atoms. The molecule has 1 amide bonds. The molecule has 0 fully saturated rings. The second-order valence-electron chi connectivity index (χ2n) is 6.29. The fourth-order valence-corrected chi connectivity index (χ4v) is 3.36. The van der Waals surface area contributed by atoms with E-state index >= 15 is 0 Å². The lowest BCUT2D eigenvalue weighted by atomic mass is 10.1. The largest absolute Gasteiger partial charge is 0.307 e. The average Bonchev–Trinajstić information content (AvgIpc) is 3.25. The summed E-state index contributed by atoms with van der Waals surface area (Å²) in [6.45, 7) is 0.573. The van der Waals surface area contributed by atoms with Gasteiger partial charge in [0.1, 0.15) is 5.82 Å². The van der Waals surface area contributed by atoms with Gasteiger partial charge in [-0.2, -0.15) is 5.10 Å². The fourth-order valence-electron chi connectivity index (χ4n) is 3.23. The number of nitrogens with one attached hydrogen (secondary N) is 1. The van der Waals surface area contributed by atoms with E-state index in [0.29, 0.717) is 22.9 Å². The van der Waals surface area contributed by atoms with Gasteiger partial charge >= 0.3 is 0 Å². The quantitative estimate of drug-likeness (QED) is 0.760. The summed E-state index contributed by atoms with van der Waals surface area (Å²) in [6, 6.07) is 15.4. The maximum atomic E-state index is 12.6. The van der Waals surface area contributed by atoms with Crippen molar-refractivity contribution in [1.29, 1.82) is 0 Å². The number of nitrogens with zero attached hydrogens (tertiary/aromatic N) is 2. The number of rotatable bonds is 4. The predicted octanol–water partition coefficient (Wildman–Crippen LogP) is 4.33. The van der Waals surface area contributed by atoms with Gasteiger partial charge in [0.05, 0.1) is 12.7 Å². The molecule has 0 atom stereocenters. The topological polar surface area (TPSA) is 46.9 Å². The first-order valence-electron chi connectivity index (χ1n) is 8.38. The third-order valence-electron chi connectivity index (χ3n) is 4.56. The lowest BCUT2D eigenvalue weighted by Crippen LogP contribution is -2.16. The minimum Gasteiger partial charge on any atom is -0.307 e. The Morgan fingerprint density at radius 2 is 1.88 bits per heavy atom. The van der Waals surface area contributed by atoms with E-state index in [1.165, 1.54) is 17.5 Å². The molecule has 0 bridgehead atoms. The van der Waals surface area contributed by atoms with Crippen LogP contribution in [0.25, 0.3) is 0 Å². The normalized spacial score (nSPS) is 12.8. The Bertz CT molecular complexity index is 915. The first kappa shape index (κ1) is 15.9. The smallest absolute Gasteiger partial charge is 0.256 e. The SMILES string of the molecule is O=C(Nc1ccnn1Cc1ccc(Cl)cc1)c1ccc2c(c1)CCC2. The van der Waals surface area contributed by atoms with Crippen LogP contribution in [0, 0.1) is 0 Å². The number of fused-ring (bicyclic) bond motifs is 1. The van der Waals surface area contributed by atoms with Crippen LogP contribution in [0.5, 0.6) is 0 Å². The summed E-state index contributed by atoms with van der Waals surface area (Å²) in [4.78, 5) is 12.6. The number of anilines is 1. The number of aryl methyl sites for hydroxylation is 2. The van der Waals surface area contributed by atoms with Crippen LogP contribution in [0.3, 0.4) is 0 Å². The molecule has 0 radical (unpaired) electrons. The third kappa shape index (κ3) is 3.44. The van der Waals surface area contributed by atoms with Crippen molar-refractivity contribution in [3.63, 3.8) is 0 Å². The van der Waals surface area contributed by atoms with Crippen LogP contribution >= 0.6 is 11.6 Å². The van der Waals surface area contributed by atoms with Crippen LogP contribution in [0.15, 0.2) is 54.7 Å². The highest BCUT2D eigenvalue weighted by Crippen LogP contribution is 2.23. The van der Waals surface area contributed by atoms with Crippen molar-refractivity contribution in [2.24, 2.45) is 0 Å². The monoisotopic (exact) mass is 351 g/mol. The molecule has 3 aromatic rings. The first-order valence-corrected chi connectivity index (χ1v) is 8.76. The molecule has 0 aliphatic heterocycles. The average molecular weight is 352 g/mol. The van der Waals surface area contributed by atoms with Gasteiger partial charge in [0.2, 0.25) is 0 Å². The van der Waals surface area contributed by atoms with E-state index < -0.39 is 0 Å². The van der Waals surface area contributed by atoms with Gasteiger partial charge in [-0.05, 0) is 60.2 Å². The van der Waals surface area contributed by atoms with E-state index in [2.05, 4.69) is 16.5 Å². The molecular weight excluding hydrogens is 334 g/mol. The minimum atomic E-state index is -0.104. The van der Waals surface area contributed by atoms with E-state index in [1.54, 1.807) is 16.9 Å². The molecule has 126 valence electrons. The van der Waals surface area contributed by atoms with E-state index in [4.69, 9.17) is 11.6 Å². The van der Waals surface area contributed by atoms with Gasteiger partial charge in [-0.3, -0.25) is 4.79 Å². The van der Waals surface area contributed by atoms with Crippen molar-refractivity contribution in [1.82, 2.24) is 9.78 Å². The fraction of sp³-hybridized carbons (Fsp3) is 0.200. The Hall–Kier alpha value is -2.59. The number of amides is 1. The highest BCUT2D eigenvalue weighted by Gasteiger charge is 2.15. The molecule has 0 saturated heterocycles. The molecule has 5 heteroatoms. The van der Waals surface area contributed by atoms with Gasteiger partial charge in [-0.15, -0.1) is 0 Å². The maximum absolute atomic E-state index is 12.6. The van der Waals surface area contributed by atoms with E-state index in [0.717, 1.165) is 18.4 Å². The molecular formula is C20H18ClN3O. The van der Waals surface area contributed by atoms with Gasteiger partial charge in [-0.25, -0.2) is 4.68 Å². The number of aromatic nitrogens is 2. The second-order valence-corrected chi connectivity index (χ2v) is 6.73. The van der Waals surface area contributed by atoms with Gasteiger partial charge in [0.15, 0.2) is 0 Å². The molecule has 0 saturated carbocycles. The van der Waals surface area contributed by atoms with Crippen LogP contribution in [0.2, 0.25) is 5.02 Å². The standard InChI is InChI=1S/C20H18ClN3O/c21-18-8-4-14(5-9-18)13-24-19(10-11-22-24)23-20(25)17-7-6-15-2-1-3-16(15)12-17/h4-12H,1-3,13H2,(H,23,25). The zero-order valence-electron chi connectivity index (χ0n) is 13.7. The van der Waals surface area contributed by atoms with Gasteiger partial charge in [0, 0.05) is 16.7 Å². The molecule has 1 aliphatic rings. The van der Waals surface area contributed by atoms with Gasteiger partial charge < -0.3 is 5.32 Å². The summed E-state index contributed by atoms with van der Waals surface area (Å²) in [5.41, 5.74) is 4.42. The van der Waals surface area contributed by atoms with Crippen LogP contribution in [0.1, 0.15) is 33.5 Å². The highest BCUT2D eigenvalue weighted by atomic mass is 35.5. The molecule has 0 unspecified atom stereocenters. The molecule has 1 aliphatic carbocycles. The highest BCUT2D eigenvalue weighted by molar-refractivity contribution is 6.30. The zero-order chi connectivity index (χ0) is 17.2. The summed E-state index contributed by atoms with van der Waals surface area (Å²) in [6.07, 6.45) is 5.04. The van der Waals surface area contributed by atoms with Crippen molar-refractivity contribution < 1.29 is 4.79 Å². The summed E-state index contributed by atoms with van der Waals surface area (Å²) >= 11 is 5.92. The van der Waals surface area contributed by atoms with Gasteiger partial charge in [-0.1, -0.05) is 29.8 Å². The maximum Gasteiger partial charge on any atom is 0.256 e. The van der Waals surface area contributed by atoms with Crippen LogP contribution in [-0.4, -0.2) is 15.7 Å². The van der Waals surface area contributed by atoms with E-state index in [-0.39, 0.29) is 5.91 Å². The van der Waals surface area contributed by atoms with Crippen molar-refractivity contribution in [2.75, 3.05) is 5.32 Å². The van der Waals surface area contributed by atoms with Crippen LogP contribution < -0.4 is 5.32 Å². The van der Waals surface area contributed by atoms with E-state index in [1.807, 2.05) is 36.4 Å². The minimum absolute atomic E-state index is 0.104. The number of benzene rings is 2.